The topological polar surface area (TPSA) is 72.3 Å². The van der Waals surface area contributed by atoms with Gasteiger partial charge in [-0.25, -0.2) is 13.2 Å². The summed E-state index contributed by atoms with van der Waals surface area (Å²) < 4.78 is 26.6. The van der Waals surface area contributed by atoms with Crippen molar-refractivity contribution >= 4 is 68.0 Å². The lowest BCUT2D eigenvalue weighted by molar-refractivity contribution is 0.246. The summed E-state index contributed by atoms with van der Waals surface area (Å²) in [4.78, 5) is 13.7. The van der Waals surface area contributed by atoms with Crippen LogP contribution >= 0.6 is 46.4 Å². The molecule has 3 rings (SSSR count). The van der Waals surface area contributed by atoms with Gasteiger partial charge in [0, 0.05) is 27.8 Å². The van der Waals surface area contributed by atoms with E-state index < -0.39 is 20.9 Å². The van der Waals surface area contributed by atoms with Crippen LogP contribution in [-0.4, -0.2) is 31.3 Å². The molecular weight excluding hydrogens is 468 g/mol. The molecule has 0 aliphatic heterocycles. The Morgan fingerprint density at radius 1 is 1.00 bits per heavy atom. The zero-order valence-electron chi connectivity index (χ0n) is 14.1. The fourth-order valence-electron chi connectivity index (χ4n) is 2.36. The standard InChI is InChI=1S/C17H11Cl4N3O3S/c1-23(13-4-2-3-10(18)6-13)17(25)24-9-15(21)16(22-24)28(26,27)14-7-11(19)5-12(20)8-14/h2-9H,1H3. The van der Waals surface area contributed by atoms with E-state index in [0.717, 1.165) is 10.9 Å². The predicted octanol–water partition coefficient (Wildman–Crippen LogP) is 5.43. The molecule has 28 heavy (non-hydrogen) atoms. The normalized spacial score (nSPS) is 11.5. The van der Waals surface area contributed by atoms with Gasteiger partial charge in [-0.15, -0.1) is 0 Å². The molecule has 0 unspecified atom stereocenters. The number of benzene rings is 2. The van der Waals surface area contributed by atoms with Crippen LogP contribution in [0.15, 0.2) is 58.6 Å². The predicted molar refractivity (Wildman–Crippen MR) is 110 cm³/mol. The molecule has 6 nitrogen and oxygen atoms in total. The molecule has 11 heteroatoms. The second-order valence-corrected chi connectivity index (χ2v) is 9.24. The average molecular weight is 479 g/mol. The van der Waals surface area contributed by atoms with Gasteiger partial charge in [-0.3, -0.25) is 4.90 Å². The van der Waals surface area contributed by atoms with Crippen molar-refractivity contribution in [1.82, 2.24) is 9.78 Å². The van der Waals surface area contributed by atoms with Gasteiger partial charge in [0.15, 0.2) is 0 Å². The Morgan fingerprint density at radius 3 is 2.25 bits per heavy atom. The maximum absolute atomic E-state index is 12.9. The zero-order chi connectivity index (χ0) is 20.6. The first-order valence-electron chi connectivity index (χ1n) is 7.59. The summed E-state index contributed by atoms with van der Waals surface area (Å²) in [7, 11) is -2.65. The molecule has 0 saturated heterocycles. The van der Waals surface area contributed by atoms with Crippen molar-refractivity contribution in [3.05, 3.63) is 68.8 Å². The third-order valence-electron chi connectivity index (χ3n) is 3.72. The molecule has 0 aliphatic carbocycles. The first-order valence-corrected chi connectivity index (χ1v) is 10.6. The Labute approximate surface area is 181 Å². The number of nitrogens with zero attached hydrogens (tertiary/aromatic N) is 3. The molecule has 0 N–H and O–H groups in total. The van der Waals surface area contributed by atoms with Gasteiger partial charge in [-0.2, -0.15) is 9.78 Å². The van der Waals surface area contributed by atoms with Crippen LogP contribution < -0.4 is 4.90 Å². The first kappa shape index (κ1) is 21.0. The van der Waals surface area contributed by atoms with Gasteiger partial charge in [0.2, 0.25) is 14.9 Å². The van der Waals surface area contributed by atoms with E-state index in [1.165, 1.54) is 30.1 Å². The number of amides is 1. The summed E-state index contributed by atoms with van der Waals surface area (Å²) in [5.74, 6) is 0. The van der Waals surface area contributed by atoms with Gasteiger partial charge < -0.3 is 0 Å². The van der Waals surface area contributed by atoms with Crippen LogP contribution in [0, 0.1) is 0 Å². The van der Waals surface area contributed by atoms with E-state index in [1.807, 2.05) is 0 Å². The second-order valence-electron chi connectivity index (χ2n) is 5.66. The Balaban J connectivity index is 1.99. The number of rotatable bonds is 3. The summed E-state index contributed by atoms with van der Waals surface area (Å²) >= 11 is 23.8. The van der Waals surface area contributed by atoms with Crippen molar-refractivity contribution in [2.24, 2.45) is 0 Å². The van der Waals surface area contributed by atoms with Crippen LogP contribution in [0.1, 0.15) is 0 Å². The molecule has 0 atom stereocenters. The third-order valence-corrected chi connectivity index (χ3v) is 6.44. The highest BCUT2D eigenvalue weighted by Crippen LogP contribution is 2.30. The van der Waals surface area contributed by atoms with Crippen LogP contribution in [0.25, 0.3) is 0 Å². The molecule has 0 aliphatic rings. The second kappa shape index (κ2) is 7.93. The minimum atomic E-state index is -4.15. The number of hydrogen-bond acceptors (Lipinski definition) is 4. The Bertz CT molecular complexity index is 1160. The highest BCUT2D eigenvalue weighted by molar-refractivity contribution is 7.91. The van der Waals surface area contributed by atoms with Crippen molar-refractivity contribution in [3.8, 4) is 0 Å². The van der Waals surface area contributed by atoms with Crippen molar-refractivity contribution in [1.29, 1.82) is 0 Å². The van der Waals surface area contributed by atoms with E-state index in [9.17, 15) is 13.2 Å². The van der Waals surface area contributed by atoms with Gasteiger partial charge >= 0.3 is 6.03 Å². The van der Waals surface area contributed by atoms with Crippen LogP contribution in [0.3, 0.4) is 0 Å². The number of hydrogen-bond donors (Lipinski definition) is 0. The van der Waals surface area contributed by atoms with E-state index in [0.29, 0.717) is 10.7 Å². The number of carbonyl (C=O) groups is 1. The van der Waals surface area contributed by atoms with E-state index in [4.69, 9.17) is 46.4 Å². The van der Waals surface area contributed by atoms with Gasteiger partial charge in [0.05, 0.1) is 16.1 Å². The molecule has 0 saturated carbocycles. The molecule has 0 fully saturated rings. The third kappa shape index (κ3) is 4.14. The molecule has 2 aromatic carbocycles. The summed E-state index contributed by atoms with van der Waals surface area (Å²) in [5.41, 5.74) is 0.496. The Kier molecular flexibility index (Phi) is 5.93. The lowest BCUT2D eigenvalue weighted by atomic mass is 10.3. The summed E-state index contributed by atoms with van der Waals surface area (Å²) in [5, 5.41) is 3.88. The molecule has 0 spiro atoms. The maximum Gasteiger partial charge on any atom is 0.348 e. The minimum absolute atomic E-state index is 0.137. The zero-order valence-corrected chi connectivity index (χ0v) is 17.9. The SMILES string of the molecule is CN(C(=O)n1cc(Cl)c(S(=O)(=O)c2cc(Cl)cc(Cl)c2)n1)c1cccc(Cl)c1. The number of halogens is 4. The van der Waals surface area contributed by atoms with Gasteiger partial charge in [0.1, 0.15) is 0 Å². The lowest BCUT2D eigenvalue weighted by Crippen LogP contribution is -2.31. The van der Waals surface area contributed by atoms with Crippen LogP contribution in [0.4, 0.5) is 10.5 Å². The fourth-order valence-corrected chi connectivity index (χ4v) is 4.93. The average Bonchev–Trinajstić information content (AvgIpc) is 3.02. The van der Waals surface area contributed by atoms with Crippen molar-refractivity contribution in [3.63, 3.8) is 0 Å². The number of carbonyl (C=O) groups excluding carboxylic acids is 1. The lowest BCUT2D eigenvalue weighted by Gasteiger charge is -2.16. The molecule has 0 bridgehead atoms. The summed E-state index contributed by atoms with van der Waals surface area (Å²) in [6, 6.07) is 9.79. The van der Waals surface area contributed by atoms with Crippen LogP contribution in [0.5, 0.6) is 0 Å². The van der Waals surface area contributed by atoms with Crippen molar-refractivity contribution in [2.75, 3.05) is 11.9 Å². The van der Waals surface area contributed by atoms with E-state index in [-0.39, 0.29) is 20.0 Å². The van der Waals surface area contributed by atoms with Crippen LogP contribution in [-0.2, 0) is 9.84 Å². The molecule has 1 heterocycles. The first-order chi connectivity index (χ1) is 13.1. The fraction of sp³-hybridized carbons (Fsp3) is 0.0588. The largest absolute Gasteiger partial charge is 0.348 e. The molecule has 1 aromatic heterocycles. The minimum Gasteiger partial charge on any atom is -0.296 e. The smallest absolute Gasteiger partial charge is 0.296 e. The monoisotopic (exact) mass is 477 g/mol. The maximum atomic E-state index is 12.9. The molecule has 1 amide bonds. The van der Waals surface area contributed by atoms with E-state index >= 15 is 0 Å². The van der Waals surface area contributed by atoms with Crippen molar-refractivity contribution in [2.45, 2.75) is 9.92 Å². The van der Waals surface area contributed by atoms with Crippen molar-refractivity contribution < 1.29 is 13.2 Å². The van der Waals surface area contributed by atoms with Gasteiger partial charge in [-0.1, -0.05) is 52.5 Å². The van der Waals surface area contributed by atoms with Gasteiger partial charge in [-0.05, 0) is 36.4 Å². The Morgan fingerprint density at radius 2 is 1.64 bits per heavy atom. The molecule has 0 radical (unpaired) electrons. The van der Waals surface area contributed by atoms with Gasteiger partial charge in [0.25, 0.3) is 0 Å². The highest BCUT2D eigenvalue weighted by Gasteiger charge is 2.28. The molecule has 146 valence electrons. The number of anilines is 1. The summed E-state index contributed by atoms with van der Waals surface area (Å²) in [6.45, 7) is 0. The quantitative estimate of drug-likeness (QED) is 0.502. The van der Waals surface area contributed by atoms with Crippen LogP contribution in [0.2, 0.25) is 20.1 Å². The van der Waals surface area contributed by atoms with E-state index in [1.54, 1.807) is 24.3 Å². The molecule has 3 aromatic rings. The van der Waals surface area contributed by atoms with E-state index in [2.05, 4.69) is 5.10 Å². The molecular formula is C17H11Cl4N3O3S. The number of sulfone groups is 1. The highest BCUT2D eigenvalue weighted by atomic mass is 35.5. The summed E-state index contributed by atoms with van der Waals surface area (Å²) in [6.07, 6.45) is 1.12. The number of aromatic nitrogens is 2. The Hall–Kier alpha value is -1.77.